The summed E-state index contributed by atoms with van der Waals surface area (Å²) < 4.78 is 0. The molecule has 20 heavy (non-hydrogen) atoms. The summed E-state index contributed by atoms with van der Waals surface area (Å²) in [6.07, 6.45) is 1.89. The average Bonchev–Trinajstić information content (AvgIpc) is 3.20. The number of aromatic nitrogens is 2. The summed E-state index contributed by atoms with van der Waals surface area (Å²) in [5, 5.41) is 10.0. The number of rotatable bonds is 3. The van der Waals surface area contributed by atoms with Gasteiger partial charge in [0.2, 0.25) is 5.88 Å². The lowest BCUT2D eigenvalue weighted by molar-refractivity contribution is 0.433. The SMILES string of the molecule is CC(C)c1c(O)nc(C2(c3ccccc3)CC2)[nH]c1=O. The van der Waals surface area contributed by atoms with Gasteiger partial charge in [0.15, 0.2) is 0 Å². The first-order valence-corrected chi connectivity index (χ1v) is 6.94. The predicted molar refractivity (Wildman–Crippen MR) is 77.1 cm³/mol. The second-order valence-corrected chi connectivity index (χ2v) is 5.75. The van der Waals surface area contributed by atoms with Crippen molar-refractivity contribution in [1.82, 2.24) is 9.97 Å². The molecule has 1 saturated carbocycles. The van der Waals surface area contributed by atoms with E-state index in [-0.39, 0.29) is 22.8 Å². The van der Waals surface area contributed by atoms with Crippen molar-refractivity contribution in [3.05, 3.63) is 57.6 Å². The van der Waals surface area contributed by atoms with Crippen LogP contribution in [0.25, 0.3) is 0 Å². The van der Waals surface area contributed by atoms with Crippen molar-refractivity contribution in [3.63, 3.8) is 0 Å². The molecule has 0 bridgehead atoms. The van der Waals surface area contributed by atoms with Crippen molar-refractivity contribution < 1.29 is 5.11 Å². The third-order valence-corrected chi connectivity index (χ3v) is 4.04. The van der Waals surface area contributed by atoms with E-state index in [1.165, 1.54) is 0 Å². The van der Waals surface area contributed by atoms with Crippen LogP contribution < -0.4 is 5.56 Å². The minimum atomic E-state index is -0.232. The number of hydrogen-bond donors (Lipinski definition) is 2. The van der Waals surface area contributed by atoms with Crippen LogP contribution in [-0.2, 0) is 5.41 Å². The Morgan fingerprint density at radius 2 is 1.90 bits per heavy atom. The van der Waals surface area contributed by atoms with Gasteiger partial charge in [-0.3, -0.25) is 4.79 Å². The molecular formula is C16H18N2O2. The Balaban J connectivity index is 2.11. The molecule has 1 heterocycles. The number of hydrogen-bond acceptors (Lipinski definition) is 3. The van der Waals surface area contributed by atoms with E-state index in [0.29, 0.717) is 11.4 Å². The Labute approximate surface area is 117 Å². The van der Waals surface area contributed by atoms with Crippen LogP contribution >= 0.6 is 0 Å². The van der Waals surface area contributed by atoms with Gasteiger partial charge < -0.3 is 10.1 Å². The van der Waals surface area contributed by atoms with Gasteiger partial charge in [0.25, 0.3) is 5.56 Å². The highest BCUT2D eigenvalue weighted by Crippen LogP contribution is 2.52. The largest absolute Gasteiger partial charge is 0.493 e. The van der Waals surface area contributed by atoms with E-state index in [2.05, 4.69) is 9.97 Å². The maximum absolute atomic E-state index is 12.2. The molecule has 0 spiro atoms. The Morgan fingerprint density at radius 3 is 2.40 bits per heavy atom. The second-order valence-electron chi connectivity index (χ2n) is 5.75. The van der Waals surface area contributed by atoms with Gasteiger partial charge in [-0.1, -0.05) is 44.2 Å². The lowest BCUT2D eigenvalue weighted by Crippen LogP contribution is -2.23. The molecule has 4 heteroatoms. The van der Waals surface area contributed by atoms with Crippen LogP contribution in [0.4, 0.5) is 0 Å². The molecular weight excluding hydrogens is 252 g/mol. The van der Waals surface area contributed by atoms with Crippen LogP contribution in [0.2, 0.25) is 0 Å². The van der Waals surface area contributed by atoms with Gasteiger partial charge in [0.1, 0.15) is 5.82 Å². The predicted octanol–water partition coefficient (Wildman–Crippen LogP) is 2.68. The number of nitrogens with one attached hydrogen (secondary N) is 1. The zero-order chi connectivity index (χ0) is 14.3. The fraction of sp³-hybridized carbons (Fsp3) is 0.375. The van der Waals surface area contributed by atoms with Crippen LogP contribution in [0.3, 0.4) is 0 Å². The number of aromatic hydroxyl groups is 1. The van der Waals surface area contributed by atoms with Crippen molar-refractivity contribution in [2.45, 2.75) is 38.0 Å². The molecule has 3 rings (SSSR count). The molecule has 1 aliphatic carbocycles. The third kappa shape index (κ3) is 1.92. The first-order chi connectivity index (χ1) is 9.54. The standard InChI is InChI=1S/C16H18N2O2/c1-10(2)12-13(19)17-15(18-14(12)20)16(8-9-16)11-6-4-3-5-7-11/h3-7,10H,8-9H2,1-2H3,(H2,17,18,19,20). The highest BCUT2D eigenvalue weighted by molar-refractivity contribution is 5.40. The Kier molecular flexibility index (Phi) is 2.89. The highest BCUT2D eigenvalue weighted by atomic mass is 16.3. The first kappa shape index (κ1) is 12.9. The third-order valence-electron chi connectivity index (χ3n) is 4.04. The van der Waals surface area contributed by atoms with Crippen molar-refractivity contribution in [1.29, 1.82) is 0 Å². The molecule has 104 valence electrons. The summed E-state index contributed by atoms with van der Waals surface area (Å²) in [6, 6.07) is 10.0. The highest BCUT2D eigenvalue weighted by Gasteiger charge is 2.48. The van der Waals surface area contributed by atoms with Crippen molar-refractivity contribution in [2.24, 2.45) is 0 Å². The topological polar surface area (TPSA) is 66.0 Å². The molecule has 4 nitrogen and oxygen atoms in total. The van der Waals surface area contributed by atoms with Gasteiger partial charge in [0.05, 0.1) is 11.0 Å². The Bertz CT molecular complexity index is 685. The van der Waals surface area contributed by atoms with Gasteiger partial charge in [-0.25, -0.2) is 0 Å². The van der Waals surface area contributed by atoms with Gasteiger partial charge in [0, 0.05) is 0 Å². The molecule has 0 unspecified atom stereocenters. The first-order valence-electron chi connectivity index (χ1n) is 6.94. The van der Waals surface area contributed by atoms with Crippen LogP contribution in [0, 0.1) is 0 Å². The number of aromatic amines is 1. The molecule has 1 aromatic heterocycles. The molecule has 0 aliphatic heterocycles. The van der Waals surface area contributed by atoms with E-state index in [0.717, 1.165) is 18.4 Å². The van der Waals surface area contributed by atoms with Gasteiger partial charge in [-0.15, -0.1) is 0 Å². The van der Waals surface area contributed by atoms with Crippen LogP contribution in [-0.4, -0.2) is 15.1 Å². The van der Waals surface area contributed by atoms with E-state index in [4.69, 9.17) is 0 Å². The Morgan fingerprint density at radius 1 is 1.25 bits per heavy atom. The number of benzene rings is 1. The molecule has 0 radical (unpaired) electrons. The zero-order valence-corrected chi connectivity index (χ0v) is 11.7. The maximum Gasteiger partial charge on any atom is 0.258 e. The Hall–Kier alpha value is -2.10. The van der Waals surface area contributed by atoms with Crippen molar-refractivity contribution in [3.8, 4) is 5.88 Å². The fourth-order valence-electron chi connectivity index (χ4n) is 2.76. The minimum absolute atomic E-state index is 0.0489. The van der Waals surface area contributed by atoms with Crippen molar-refractivity contribution >= 4 is 0 Å². The minimum Gasteiger partial charge on any atom is -0.493 e. The summed E-state index contributed by atoms with van der Waals surface area (Å²) in [6.45, 7) is 3.74. The summed E-state index contributed by atoms with van der Waals surface area (Å²) in [5.41, 5.74) is 1.04. The monoisotopic (exact) mass is 270 g/mol. The average molecular weight is 270 g/mol. The fourth-order valence-corrected chi connectivity index (χ4v) is 2.76. The molecule has 1 fully saturated rings. The van der Waals surface area contributed by atoms with Crippen LogP contribution in [0.5, 0.6) is 5.88 Å². The molecule has 2 N–H and O–H groups in total. The quantitative estimate of drug-likeness (QED) is 0.901. The molecule has 2 aromatic rings. The lowest BCUT2D eigenvalue weighted by atomic mass is 9.94. The van der Waals surface area contributed by atoms with Gasteiger partial charge in [-0.05, 0) is 24.3 Å². The second kappa shape index (κ2) is 4.47. The normalized spacial score (nSPS) is 16.4. The van der Waals surface area contributed by atoms with Crippen molar-refractivity contribution in [2.75, 3.05) is 0 Å². The van der Waals surface area contributed by atoms with E-state index < -0.39 is 0 Å². The van der Waals surface area contributed by atoms with Crippen LogP contribution in [0.15, 0.2) is 35.1 Å². The molecule has 1 aromatic carbocycles. The number of nitrogens with zero attached hydrogens (tertiary/aromatic N) is 1. The smallest absolute Gasteiger partial charge is 0.258 e. The van der Waals surface area contributed by atoms with Crippen LogP contribution in [0.1, 0.15) is 49.6 Å². The molecule has 1 aliphatic rings. The van der Waals surface area contributed by atoms with Gasteiger partial charge >= 0.3 is 0 Å². The lowest BCUT2D eigenvalue weighted by Gasteiger charge is -2.16. The van der Waals surface area contributed by atoms with E-state index in [1.807, 2.05) is 44.2 Å². The summed E-state index contributed by atoms with van der Waals surface area (Å²) >= 11 is 0. The zero-order valence-electron chi connectivity index (χ0n) is 11.7. The summed E-state index contributed by atoms with van der Waals surface area (Å²) in [7, 11) is 0. The maximum atomic E-state index is 12.2. The van der Waals surface area contributed by atoms with E-state index >= 15 is 0 Å². The van der Waals surface area contributed by atoms with Gasteiger partial charge in [-0.2, -0.15) is 4.98 Å². The van der Waals surface area contributed by atoms with E-state index in [1.54, 1.807) is 0 Å². The summed E-state index contributed by atoms with van der Waals surface area (Å²) in [5.74, 6) is 0.392. The van der Waals surface area contributed by atoms with E-state index in [9.17, 15) is 9.90 Å². The molecule has 0 saturated heterocycles. The summed E-state index contributed by atoms with van der Waals surface area (Å²) in [4.78, 5) is 19.3. The molecule has 0 atom stereocenters. The number of H-pyrrole nitrogens is 1. The molecule has 0 amide bonds.